The Hall–Kier alpha value is -3.92. The first-order chi connectivity index (χ1) is 18.0. The minimum Gasteiger partial charge on any atom is -0.494 e. The highest BCUT2D eigenvalue weighted by molar-refractivity contribution is 5.96. The Morgan fingerprint density at radius 2 is 1.89 bits per heavy atom. The summed E-state index contributed by atoms with van der Waals surface area (Å²) in [5.41, 5.74) is 0.0661. The molecule has 1 fully saturated rings. The lowest BCUT2D eigenvalue weighted by Gasteiger charge is -2.21. The van der Waals surface area contributed by atoms with Crippen LogP contribution in [0.4, 0.5) is 0 Å². The van der Waals surface area contributed by atoms with Gasteiger partial charge in [0.2, 0.25) is 5.88 Å². The number of methoxy groups -OCH3 is 2. The molecule has 4 rings (SSSR count). The van der Waals surface area contributed by atoms with Crippen molar-refractivity contribution < 1.29 is 24.1 Å². The molecule has 0 aliphatic carbocycles. The van der Waals surface area contributed by atoms with Crippen molar-refractivity contribution in [1.82, 2.24) is 19.4 Å². The summed E-state index contributed by atoms with van der Waals surface area (Å²) < 4.78 is 18.3. The van der Waals surface area contributed by atoms with Crippen LogP contribution in [0.25, 0.3) is 5.69 Å². The van der Waals surface area contributed by atoms with Gasteiger partial charge >= 0.3 is 0 Å². The average molecular weight is 509 g/mol. The Balaban J connectivity index is 1.67. The second kappa shape index (κ2) is 11.9. The number of aryl methyl sites for hydroxylation is 1. The van der Waals surface area contributed by atoms with Crippen molar-refractivity contribution in [2.75, 3.05) is 27.3 Å². The highest BCUT2D eigenvalue weighted by Gasteiger charge is 2.33. The third-order valence-electron chi connectivity index (χ3n) is 6.35. The molecule has 3 aromatic rings. The van der Waals surface area contributed by atoms with Gasteiger partial charge < -0.3 is 24.2 Å². The molecule has 3 heterocycles. The van der Waals surface area contributed by atoms with Gasteiger partial charge in [-0.15, -0.1) is 0 Å². The summed E-state index contributed by atoms with van der Waals surface area (Å²) in [5, 5.41) is 10.8. The van der Waals surface area contributed by atoms with Crippen LogP contribution >= 0.6 is 0 Å². The van der Waals surface area contributed by atoms with Crippen molar-refractivity contribution in [3.05, 3.63) is 70.0 Å². The van der Waals surface area contributed by atoms with Crippen molar-refractivity contribution in [2.24, 2.45) is 0 Å². The summed E-state index contributed by atoms with van der Waals surface area (Å²) in [6.07, 6.45) is 4.11. The van der Waals surface area contributed by atoms with Gasteiger partial charge in [-0.25, -0.2) is 0 Å². The summed E-state index contributed by atoms with van der Waals surface area (Å²) in [7, 11) is 2.98. The Morgan fingerprint density at radius 3 is 2.54 bits per heavy atom. The molecule has 1 saturated heterocycles. The Labute approximate surface area is 215 Å². The van der Waals surface area contributed by atoms with Crippen molar-refractivity contribution in [3.63, 3.8) is 0 Å². The first-order valence-corrected chi connectivity index (χ1v) is 12.4. The summed E-state index contributed by atoms with van der Waals surface area (Å²) >= 11 is 0. The van der Waals surface area contributed by atoms with E-state index in [1.165, 1.54) is 23.7 Å². The van der Waals surface area contributed by atoms with Gasteiger partial charge in [-0.1, -0.05) is 25.5 Å². The molecule has 2 aromatic heterocycles. The first-order valence-electron chi connectivity index (χ1n) is 12.4. The van der Waals surface area contributed by atoms with E-state index in [4.69, 9.17) is 14.2 Å². The molecule has 1 aliphatic rings. The lowest BCUT2D eigenvalue weighted by Crippen LogP contribution is -2.37. The minimum atomic E-state index is -0.677. The molecule has 0 bridgehead atoms. The zero-order chi connectivity index (χ0) is 26.4. The van der Waals surface area contributed by atoms with Crippen LogP contribution in [0, 0.1) is 0 Å². The van der Waals surface area contributed by atoms with Crippen LogP contribution in [0.15, 0.2) is 47.4 Å². The summed E-state index contributed by atoms with van der Waals surface area (Å²) in [4.78, 5) is 37.4. The molecule has 10 heteroatoms. The third-order valence-corrected chi connectivity index (χ3v) is 6.35. The number of nitrogens with zero attached hydrogens (tertiary/aromatic N) is 4. The first kappa shape index (κ1) is 26.2. The zero-order valence-electron chi connectivity index (χ0n) is 21.3. The number of para-hydroxylation sites is 1. The van der Waals surface area contributed by atoms with Gasteiger partial charge in [0.05, 0.1) is 32.6 Å². The van der Waals surface area contributed by atoms with Crippen LogP contribution < -0.4 is 15.0 Å². The number of aromatic hydroxyl groups is 1. The number of unbranched alkanes of at least 4 members (excludes halogenated alkanes) is 1. The van der Waals surface area contributed by atoms with E-state index < -0.39 is 22.9 Å². The number of ether oxygens (including phenoxy) is 3. The maximum absolute atomic E-state index is 13.9. The molecule has 0 saturated carbocycles. The van der Waals surface area contributed by atoms with Gasteiger partial charge in [-0.05, 0) is 37.1 Å². The highest BCUT2D eigenvalue weighted by Crippen LogP contribution is 2.33. The molecule has 0 radical (unpaired) electrons. The molecule has 0 spiro atoms. The van der Waals surface area contributed by atoms with E-state index in [-0.39, 0.29) is 6.10 Å². The van der Waals surface area contributed by atoms with Crippen LogP contribution in [0.3, 0.4) is 0 Å². The molecule has 1 atom stereocenters. The smallest absolute Gasteiger partial charge is 0.275 e. The van der Waals surface area contributed by atoms with Crippen molar-refractivity contribution in [2.45, 2.75) is 45.3 Å². The van der Waals surface area contributed by atoms with Gasteiger partial charge in [0.15, 0.2) is 5.56 Å². The quantitative estimate of drug-likeness (QED) is 0.444. The molecule has 0 unspecified atom stereocenters. The predicted molar refractivity (Wildman–Crippen MR) is 137 cm³/mol. The Kier molecular flexibility index (Phi) is 8.39. The van der Waals surface area contributed by atoms with E-state index in [0.717, 1.165) is 18.5 Å². The van der Waals surface area contributed by atoms with Gasteiger partial charge in [0.1, 0.15) is 23.0 Å². The van der Waals surface area contributed by atoms with Gasteiger partial charge in [0.25, 0.3) is 11.5 Å². The normalized spacial score (nSPS) is 15.1. The number of aromatic nitrogens is 3. The van der Waals surface area contributed by atoms with Gasteiger partial charge in [-0.2, -0.15) is 4.98 Å². The number of carbonyl (C=O) groups excluding carboxylic acids is 1. The number of carbonyl (C=O) groups is 1. The van der Waals surface area contributed by atoms with Gasteiger partial charge in [-0.3, -0.25) is 19.1 Å². The molecule has 1 amide bonds. The average Bonchev–Trinajstić information content (AvgIpc) is 3.40. The van der Waals surface area contributed by atoms with E-state index in [2.05, 4.69) is 9.97 Å². The number of benzene rings is 1. The number of hydrogen-bond acceptors (Lipinski definition) is 8. The maximum atomic E-state index is 13.9. The van der Waals surface area contributed by atoms with Crippen LogP contribution in [-0.4, -0.2) is 63.9 Å². The number of amides is 1. The third kappa shape index (κ3) is 5.59. The van der Waals surface area contributed by atoms with Crippen molar-refractivity contribution in [3.8, 4) is 23.1 Å². The van der Waals surface area contributed by atoms with E-state index in [1.54, 1.807) is 24.4 Å². The SMILES string of the molecule is CCCCc1nc(O)c(C(=O)N2CC[C@H](OCc3ccccn3)C2)c(=O)n1-c1c(OC)cccc1OC. The standard InChI is InChI=1S/C27H32N4O6/c1-4-5-12-22-29-25(32)23(27(34)31(22)24-20(35-2)10-8-11-21(24)36-3)26(33)30-15-13-19(16-30)37-17-18-9-6-7-14-28-18/h6-11,14,19,32H,4-5,12-13,15-17H2,1-3H3/t19-/m0/s1. The molecular weight excluding hydrogens is 476 g/mol. The van der Waals surface area contributed by atoms with Gasteiger partial charge in [0, 0.05) is 25.7 Å². The highest BCUT2D eigenvalue weighted by atomic mass is 16.5. The van der Waals surface area contributed by atoms with Crippen molar-refractivity contribution in [1.29, 1.82) is 0 Å². The summed E-state index contributed by atoms with van der Waals surface area (Å²) in [5.74, 6) is -0.0853. The van der Waals surface area contributed by atoms with E-state index in [1.807, 2.05) is 25.1 Å². The van der Waals surface area contributed by atoms with Crippen LogP contribution in [0.1, 0.15) is 48.1 Å². The summed E-state index contributed by atoms with van der Waals surface area (Å²) in [6, 6.07) is 10.7. The van der Waals surface area contributed by atoms with E-state index in [9.17, 15) is 14.7 Å². The fourth-order valence-electron chi connectivity index (χ4n) is 4.42. The molecule has 1 aromatic carbocycles. The largest absolute Gasteiger partial charge is 0.494 e. The lowest BCUT2D eigenvalue weighted by molar-refractivity contribution is 0.0420. The number of likely N-dealkylation sites (tertiary alicyclic amines) is 1. The zero-order valence-corrected chi connectivity index (χ0v) is 21.3. The Morgan fingerprint density at radius 1 is 1.14 bits per heavy atom. The maximum Gasteiger partial charge on any atom is 0.275 e. The van der Waals surface area contributed by atoms with E-state index in [0.29, 0.717) is 55.5 Å². The second-order valence-corrected chi connectivity index (χ2v) is 8.78. The second-order valence-electron chi connectivity index (χ2n) is 8.78. The molecule has 10 nitrogen and oxygen atoms in total. The van der Waals surface area contributed by atoms with Crippen LogP contribution in [0.5, 0.6) is 17.4 Å². The number of pyridine rings is 1. The topological polar surface area (TPSA) is 116 Å². The Bertz CT molecular complexity index is 1270. The fraction of sp³-hybridized carbons (Fsp3) is 0.407. The number of rotatable bonds is 10. The molecule has 1 aliphatic heterocycles. The monoisotopic (exact) mass is 508 g/mol. The molecule has 1 N–H and O–H groups in total. The molecular formula is C27H32N4O6. The molecule has 196 valence electrons. The predicted octanol–water partition coefficient (Wildman–Crippen LogP) is 3.12. The van der Waals surface area contributed by atoms with Crippen molar-refractivity contribution >= 4 is 5.91 Å². The van der Waals surface area contributed by atoms with Crippen LogP contribution in [0.2, 0.25) is 0 Å². The lowest BCUT2D eigenvalue weighted by atomic mass is 10.2. The summed E-state index contributed by atoms with van der Waals surface area (Å²) in [6.45, 7) is 3.02. The molecule has 37 heavy (non-hydrogen) atoms. The number of hydrogen-bond donors (Lipinski definition) is 1. The minimum absolute atomic E-state index is 0.207. The van der Waals surface area contributed by atoms with E-state index >= 15 is 0 Å². The fourth-order valence-corrected chi connectivity index (χ4v) is 4.42. The van der Waals surface area contributed by atoms with Crippen LogP contribution in [-0.2, 0) is 17.8 Å².